The van der Waals surface area contributed by atoms with E-state index in [1.807, 2.05) is 0 Å². The second kappa shape index (κ2) is 5.06. The van der Waals surface area contributed by atoms with Gasteiger partial charge in [0.2, 0.25) is 0 Å². The Morgan fingerprint density at radius 2 is 1.89 bits per heavy atom. The Labute approximate surface area is 115 Å². The molecule has 6 heteroatoms. The summed E-state index contributed by atoms with van der Waals surface area (Å²) in [5, 5.41) is 8.74. The molecule has 1 fully saturated rings. The summed E-state index contributed by atoms with van der Waals surface area (Å²) < 4.78 is 34.8. The molecule has 1 saturated carbocycles. The molecule has 1 aliphatic carbocycles. The lowest BCUT2D eigenvalue weighted by molar-refractivity contribution is 0.587. The van der Waals surface area contributed by atoms with Crippen LogP contribution < -0.4 is 0 Å². The van der Waals surface area contributed by atoms with Crippen molar-refractivity contribution in [1.29, 1.82) is 5.26 Å². The predicted molar refractivity (Wildman–Crippen MR) is 72.7 cm³/mol. The van der Waals surface area contributed by atoms with Gasteiger partial charge in [-0.1, -0.05) is 0 Å². The molecule has 0 radical (unpaired) electrons. The van der Waals surface area contributed by atoms with Crippen LogP contribution in [0.5, 0.6) is 0 Å². The topological polar surface area (TPSA) is 75.0 Å². The minimum absolute atomic E-state index is 0.0743. The first-order valence-electron chi connectivity index (χ1n) is 5.92. The molecule has 1 aromatic carbocycles. The molecule has 102 valence electrons. The first kappa shape index (κ1) is 14.2. The molecule has 1 atom stereocenters. The monoisotopic (exact) mass is 297 g/mol. The molecule has 0 bridgehead atoms. The highest BCUT2D eigenvalue weighted by atomic mass is 32.2. The van der Waals surface area contributed by atoms with Crippen LogP contribution in [0.3, 0.4) is 0 Å². The van der Waals surface area contributed by atoms with Crippen molar-refractivity contribution in [3.63, 3.8) is 0 Å². The van der Waals surface area contributed by atoms with Gasteiger partial charge in [-0.2, -0.15) is 5.26 Å². The lowest BCUT2D eigenvalue weighted by Crippen LogP contribution is -2.12. The van der Waals surface area contributed by atoms with Gasteiger partial charge in [0.25, 0.3) is 0 Å². The van der Waals surface area contributed by atoms with Crippen molar-refractivity contribution in [1.82, 2.24) is 0 Å². The minimum Gasteiger partial charge on any atom is -0.254 e. The Morgan fingerprint density at radius 1 is 1.32 bits per heavy atom. The van der Waals surface area contributed by atoms with Crippen molar-refractivity contribution in [2.45, 2.75) is 29.1 Å². The fourth-order valence-electron chi connectivity index (χ4n) is 1.92. The standard InChI is InChI=1S/C13H15NO3S2/c1-19(16,17)12-4-2-11(3-5-12)18(15)10-13(6-7-13)8-9-14/h2-5H,6-8,10H2,1H3. The normalized spacial score (nSPS) is 18.5. The summed E-state index contributed by atoms with van der Waals surface area (Å²) >= 11 is 0. The van der Waals surface area contributed by atoms with Gasteiger partial charge in [-0.25, -0.2) is 8.42 Å². The third-order valence-electron chi connectivity index (χ3n) is 3.36. The number of nitriles is 1. The lowest BCUT2D eigenvalue weighted by Gasteiger charge is -2.10. The molecule has 0 aliphatic heterocycles. The molecule has 0 N–H and O–H groups in total. The zero-order valence-corrected chi connectivity index (χ0v) is 12.3. The Hall–Kier alpha value is -1.19. The maximum atomic E-state index is 12.2. The van der Waals surface area contributed by atoms with Crippen LogP contribution in [0.4, 0.5) is 0 Å². The zero-order valence-electron chi connectivity index (χ0n) is 10.6. The zero-order chi connectivity index (χ0) is 14.1. The van der Waals surface area contributed by atoms with Crippen LogP contribution in [-0.4, -0.2) is 24.6 Å². The lowest BCUT2D eigenvalue weighted by atomic mass is 10.1. The first-order chi connectivity index (χ1) is 8.86. The number of hydrogen-bond acceptors (Lipinski definition) is 4. The van der Waals surface area contributed by atoms with Crippen LogP contribution in [0, 0.1) is 16.7 Å². The fraction of sp³-hybridized carbons (Fsp3) is 0.462. The van der Waals surface area contributed by atoms with Crippen molar-refractivity contribution in [2.75, 3.05) is 12.0 Å². The molecule has 0 amide bonds. The van der Waals surface area contributed by atoms with Crippen molar-refractivity contribution in [3.8, 4) is 6.07 Å². The van der Waals surface area contributed by atoms with E-state index in [0.29, 0.717) is 17.1 Å². The molecule has 0 saturated heterocycles. The quantitative estimate of drug-likeness (QED) is 0.831. The van der Waals surface area contributed by atoms with E-state index in [1.54, 1.807) is 12.1 Å². The highest BCUT2D eigenvalue weighted by Gasteiger charge is 2.43. The van der Waals surface area contributed by atoms with E-state index in [0.717, 1.165) is 19.1 Å². The molecular weight excluding hydrogens is 282 g/mol. The molecule has 19 heavy (non-hydrogen) atoms. The Bertz CT molecular complexity index is 637. The third kappa shape index (κ3) is 3.43. The minimum atomic E-state index is -3.22. The number of hydrogen-bond donors (Lipinski definition) is 0. The van der Waals surface area contributed by atoms with Crippen molar-refractivity contribution in [3.05, 3.63) is 24.3 Å². The SMILES string of the molecule is CS(=O)(=O)c1ccc(S(=O)CC2(CC#N)CC2)cc1. The Kier molecular flexibility index (Phi) is 3.79. The van der Waals surface area contributed by atoms with E-state index < -0.39 is 20.6 Å². The molecule has 0 spiro atoms. The third-order valence-corrected chi connectivity index (χ3v) is 6.16. The second-order valence-corrected chi connectivity index (χ2v) is 8.54. The van der Waals surface area contributed by atoms with Gasteiger partial charge < -0.3 is 0 Å². The van der Waals surface area contributed by atoms with Gasteiger partial charge in [0.05, 0.1) is 21.8 Å². The molecule has 0 aromatic heterocycles. The largest absolute Gasteiger partial charge is 0.254 e. The van der Waals surface area contributed by atoms with Gasteiger partial charge in [-0.05, 0) is 42.5 Å². The maximum Gasteiger partial charge on any atom is 0.175 e. The highest BCUT2D eigenvalue weighted by molar-refractivity contribution is 7.90. The molecule has 0 heterocycles. The van der Waals surface area contributed by atoms with Gasteiger partial charge in [0.1, 0.15) is 0 Å². The summed E-state index contributed by atoms with van der Waals surface area (Å²) in [5.74, 6) is 0.485. The van der Waals surface area contributed by atoms with Crippen LogP contribution in [0.15, 0.2) is 34.1 Å². The van der Waals surface area contributed by atoms with Gasteiger partial charge in [0.15, 0.2) is 9.84 Å². The smallest absolute Gasteiger partial charge is 0.175 e. The Morgan fingerprint density at radius 3 is 2.32 bits per heavy atom. The number of nitrogens with zero attached hydrogens (tertiary/aromatic N) is 1. The van der Waals surface area contributed by atoms with E-state index in [2.05, 4.69) is 6.07 Å². The molecule has 1 aliphatic rings. The van der Waals surface area contributed by atoms with E-state index in [4.69, 9.17) is 5.26 Å². The molecular formula is C13H15NO3S2. The van der Waals surface area contributed by atoms with Crippen molar-refractivity contribution in [2.24, 2.45) is 5.41 Å². The molecule has 1 unspecified atom stereocenters. The van der Waals surface area contributed by atoms with Gasteiger partial charge in [-0.15, -0.1) is 0 Å². The van der Waals surface area contributed by atoms with E-state index in [-0.39, 0.29) is 10.3 Å². The maximum absolute atomic E-state index is 12.2. The second-order valence-electron chi connectivity index (χ2n) is 5.07. The van der Waals surface area contributed by atoms with Crippen molar-refractivity contribution >= 4 is 20.6 Å². The van der Waals surface area contributed by atoms with Gasteiger partial charge >= 0.3 is 0 Å². The van der Waals surface area contributed by atoms with Crippen LogP contribution in [-0.2, 0) is 20.6 Å². The van der Waals surface area contributed by atoms with E-state index in [1.165, 1.54) is 12.1 Å². The molecule has 2 rings (SSSR count). The first-order valence-corrected chi connectivity index (χ1v) is 9.13. The van der Waals surface area contributed by atoms with Crippen LogP contribution >= 0.6 is 0 Å². The number of rotatable bonds is 5. The fourth-order valence-corrected chi connectivity index (χ4v) is 4.10. The summed E-state index contributed by atoms with van der Waals surface area (Å²) in [6.45, 7) is 0. The summed E-state index contributed by atoms with van der Waals surface area (Å²) in [5.41, 5.74) is -0.0743. The summed E-state index contributed by atoms with van der Waals surface area (Å²) in [6.07, 6.45) is 3.49. The molecule has 4 nitrogen and oxygen atoms in total. The Balaban J connectivity index is 2.11. The summed E-state index contributed by atoms with van der Waals surface area (Å²) in [6, 6.07) is 8.28. The average Bonchev–Trinajstić information content (AvgIpc) is 3.08. The predicted octanol–water partition coefficient (Wildman–Crippen LogP) is 1.89. The molecule has 1 aromatic rings. The van der Waals surface area contributed by atoms with Crippen molar-refractivity contribution < 1.29 is 12.6 Å². The van der Waals surface area contributed by atoms with E-state index >= 15 is 0 Å². The van der Waals surface area contributed by atoms with Crippen LogP contribution in [0.1, 0.15) is 19.3 Å². The summed E-state index contributed by atoms with van der Waals surface area (Å²) in [7, 11) is -4.39. The van der Waals surface area contributed by atoms with Crippen LogP contribution in [0.25, 0.3) is 0 Å². The summed E-state index contributed by atoms with van der Waals surface area (Å²) in [4.78, 5) is 0.850. The van der Waals surface area contributed by atoms with Crippen LogP contribution in [0.2, 0.25) is 0 Å². The van der Waals surface area contributed by atoms with E-state index in [9.17, 15) is 12.6 Å². The highest BCUT2D eigenvalue weighted by Crippen LogP contribution is 2.49. The van der Waals surface area contributed by atoms with Gasteiger partial charge in [0, 0.05) is 23.3 Å². The number of sulfone groups is 1. The van der Waals surface area contributed by atoms with Gasteiger partial charge in [-0.3, -0.25) is 4.21 Å². The number of benzene rings is 1. The average molecular weight is 297 g/mol.